The number of hydrogen-bond donors (Lipinski definition) is 2. The topological polar surface area (TPSA) is 63.1 Å². The summed E-state index contributed by atoms with van der Waals surface area (Å²) in [5.74, 6) is 0. The van der Waals surface area contributed by atoms with Gasteiger partial charge in [-0.25, -0.2) is 4.79 Å². The summed E-state index contributed by atoms with van der Waals surface area (Å²) in [5.41, 5.74) is -1.18. The van der Waals surface area contributed by atoms with Gasteiger partial charge in [0, 0.05) is 18.8 Å². The molecule has 1 heterocycles. The van der Waals surface area contributed by atoms with Crippen molar-refractivity contribution < 1.29 is 18.0 Å². The largest absolute Gasteiger partial charge is 0.418 e. The molecular weight excluding hydrogens is 323 g/mol. The van der Waals surface area contributed by atoms with E-state index in [0.717, 1.165) is 12.5 Å². The first-order valence-electron chi connectivity index (χ1n) is 7.26. The fourth-order valence-electron chi connectivity index (χ4n) is 2.14. The first kappa shape index (κ1) is 17.6. The molecule has 0 saturated heterocycles. The zero-order chi connectivity index (χ0) is 17.7. The molecule has 2 rings (SSSR count). The van der Waals surface area contributed by atoms with Crippen LogP contribution in [0.2, 0.25) is 0 Å². The number of anilines is 2. The Labute approximate surface area is 136 Å². The number of carbonyl (C=O) groups is 1. The minimum Gasteiger partial charge on any atom is -0.313 e. The van der Waals surface area contributed by atoms with Crippen molar-refractivity contribution in [3.05, 3.63) is 58.5 Å². The van der Waals surface area contributed by atoms with Gasteiger partial charge in [-0.15, -0.1) is 0 Å². The van der Waals surface area contributed by atoms with Crippen LogP contribution >= 0.6 is 0 Å². The summed E-state index contributed by atoms with van der Waals surface area (Å²) < 4.78 is 40.1. The maximum Gasteiger partial charge on any atom is 0.418 e. The fraction of sp³-hybridized carbons (Fsp3) is 0.250. The van der Waals surface area contributed by atoms with E-state index in [9.17, 15) is 22.8 Å². The number of hydrogen-bond acceptors (Lipinski definition) is 2. The van der Waals surface area contributed by atoms with Crippen molar-refractivity contribution >= 4 is 17.4 Å². The number of para-hydroxylation sites is 1. The predicted molar refractivity (Wildman–Crippen MR) is 85.1 cm³/mol. The van der Waals surface area contributed by atoms with Gasteiger partial charge in [-0.1, -0.05) is 19.1 Å². The molecule has 24 heavy (non-hydrogen) atoms. The number of nitrogens with zero attached hydrogens (tertiary/aromatic N) is 1. The van der Waals surface area contributed by atoms with Crippen LogP contribution in [0.5, 0.6) is 0 Å². The minimum absolute atomic E-state index is 0.217. The SMILES string of the molecule is CCCn1cc(NC(=O)Nc2ccccc2C(F)(F)F)ccc1=O. The van der Waals surface area contributed by atoms with E-state index in [4.69, 9.17) is 0 Å². The lowest BCUT2D eigenvalue weighted by molar-refractivity contribution is -0.136. The molecule has 128 valence electrons. The van der Waals surface area contributed by atoms with Crippen molar-refractivity contribution in [3.8, 4) is 0 Å². The van der Waals surface area contributed by atoms with Crippen LogP contribution in [0.4, 0.5) is 29.3 Å². The molecule has 0 aliphatic rings. The zero-order valence-corrected chi connectivity index (χ0v) is 12.9. The zero-order valence-electron chi connectivity index (χ0n) is 12.9. The van der Waals surface area contributed by atoms with Crippen LogP contribution in [-0.4, -0.2) is 10.6 Å². The summed E-state index contributed by atoms with van der Waals surface area (Å²) in [6, 6.07) is 6.54. The molecule has 0 saturated carbocycles. The van der Waals surface area contributed by atoms with Crippen LogP contribution in [-0.2, 0) is 12.7 Å². The first-order valence-corrected chi connectivity index (χ1v) is 7.26. The van der Waals surface area contributed by atoms with Gasteiger partial charge in [0.1, 0.15) is 0 Å². The number of alkyl halides is 3. The second-order valence-corrected chi connectivity index (χ2v) is 5.07. The third kappa shape index (κ3) is 4.37. The molecule has 1 aromatic heterocycles. The van der Waals surface area contributed by atoms with E-state index in [1.54, 1.807) is 0 Å². The summed E-state index contributed by atoms with van der Waals surface area (Å²) in [4.78, 5) is 23.5. The van der Waals surface area contributed by atoms with E-state index < -0.39 is 17.8 Å². The molecular formula is C16H16F3N3O2. The number of halogens is 3. The highest BCUT2D eigenvalue weighted by molar-refractivity contribution is 6.00. The average Bonchev–Trinajstić information content (AvgIpc) is 2.50. The van der Waals surface area contributed by atoms with E-state index in [2.05, 4.69) is 10.6 Å². The number of benzene rings is 1. The van der Waals surface area contributed by atoms with E-state index in [1.807, 2.05) is 6.92 Å². The van der Waals surface area contributed by atoms with Crippen LogP contribution in [0.3, 0.4) is 0 Å². The van der Waals surface area contributed by atoms with Gasteiger partial charge < -0.3 is 15.2 Å². The lowest BCUT2D eigenvalue weighted by Gasteiger charge is -2.14. The smallest absolute Gasteiger partial charge is 0.313 e. The molecule has 0 unspecified atom stereocenters. The van der Waals surface area contributed by atoms with Crippen molar-refractivity contribution in [1.29, 1.82) is 0 Å². The molecule has 0 aliphatic carbocycles. The van der Waals surface area contributed by atoms with E-state index in [0.29, 0.717) is 12.2 Å². The Bertz CT molecular complexity index is 785. The van der Waals surface area contributed by atoms with Crippen molar-refractivity contribution in [2.75, 3.05) is 10.6 Å². The normalized spacial score (nSPS) is 11.2. The molecule has 0 aliphatic heterocycles. The molecule has 5 nitrogen and oxygen atoms in total. The maximum absolute atomic E-state index is 12.9. The lowest BCUT2D eigenvalue weighted by Crippen LogP contribution is -2.24. The number of amides is 2. The third-order valence-corrected chi connectivity index (χ3v) is 3.19. The van der Waals surface area contributed by atoms with Gasteiger partial charge in [-0.05, 0) is 24.6 Å². The Balaban J connectivity index is 2.15. The quantitative estimate of drug-likeness (QED) is 0.887. The van der Waals surface area contributed by atoms with Crippen LogP contribution < -0.4 is 16.2 Å². The van der Waals surface area contributed by atoms with Crippen molar-refractivity contribution in [3.63, 3.8) is 0 Å². The highest BCUT2D eigenvalue weighted by Crippen LogP contribution is 2.34. The molecule has 0 atom stereocenters. The Morgan fingerprint density at radius 3 is 2.50 bits per heavy atom. The second kappa shape index (κ2) is 7.20. The summed E-state index contributed by atoms with van der Waals surface area (Å²) >= 11 is 0. The third-order valence-electron chi connectivity index (χ3n) is 3.19. The number of urea groups is 1. The number of carbonyl (C=O) groups excluding carboxylic acids is 1. The Morgan fingerprint density at radius 2 is 1.83 bits per heavy atom. The Morgan fingerprint density at radius 1 is 1.12 bits per heavy atom. The molecule has 0 bridgehead atoms. The molecule has 0 radical (unpaired) electrons. The summed E-state index contributed by atoms with van der Waals surface area (Å²) in [5, 5.41) is 4.59. The van der Waals surface area contributed by atoms with Crippen LogP contribution in [0.25, 0.3) is 0 Å². The van der Waals surface area contributed by atoms with Crippen LogP contribution in [0.15, 0.2) is 47.4 Å². The highest BCUT2D eigenvalue weighted by atomic mass is 19.4. The summed E-state index contributed by atoms with van der Waals surface area (Å²) in [6.45, 7) is 2.38. The van der Waals surface area contributed by atoms with E-state index in [-0.39, 0.29) is 11.2 Å². The van der Waals surface area contributed by atoms with Crippen molar-refractivity contribution in [2.45, 2.75) is 26.1 Å². The number of aryl methyl sites for hydroxylation is 1. The molecule has 1 aromatic carbocycles. The van der Waals surface area contributed by atoms with Crippen molar-refractivity contribution in [2.24, 2.45) is 0 Å². The predicted octanol–water partition coefficient (Wildman–Crippen LogP) is 3.92. The Kier molecular flexibility index (Phi) is 5.28. The Hall–Kier alpha value is -2.77. The number of aromatic nitrogens is 1. The van der Waals surface area contributed by atoms with Gasteiger partial charge >= 0.3 is 12.2 Å². The van der Waals surface area contributed by atoms with Gasteiger partial charge in [0.25, 0.3) is 5.56 Å². The number of pyridine rings is 1. The second-order valence-electron chi connectivity index (χ2n) is 5.07. The standard InChI is InChI=1S/C16H16F3N3O2/c1-2-9-22-10-11(7-8-14(22)23)20-15(24)21-13-6-4-3-5-12(13)16(17,18)19/h3-8,10H,2,9H2,1H3,(H2,20,21,24). The maximum atomic E-state index is 12.9. The van der Waals surface area contributed by atoms with Gasteiger partial charge in [0.15, 0.2) is 0 Å². The van der Waals surface area contributed by atoms with Crippen molar-refractivity contribution in [1.82, 2.24) is 4.57 Å². The monoisotopic (exact) mass is 339 g/mol. The summed E-state index contributed by atoms with van der Waals surface area (Å²) in [6.07, 6.45) is -2.40. The highest BCUT2D eigenvalue weighted by Gasteiger charge is 2.33. The lowest BCUT2D eigenvalue weighted by atomic mass is 10.1. The minimum atomic E-state index is -4.57. The van der Waals surface area contributed by atoms with Gasteiger partial charge in [0.2, 0.25) is 0 Å². The van der Waals surface area contributed by atoms with Gasteiger partial charge in [-0.3, -0.25) is 4.79 Å². The number of nitrogens with one attached hydrogen (secondary N) is 2. The molecule has 0 spiro atoms. The van der Waals surface area contributed by atoms with Crippen LogP contribution in [0, 0.1) is 0 Å². The molecule has 2 amide bonds. The fourth-order valence-corrected chi connectivity index (χ4v) is 2.14. The summed E-state index contributed by atoms with van der Waals surface area (Å²) in [7, 11) is 0. The molecule has 2 aromatic rings. The van der Waals surface area contributed by atoms with Gasteiger partial charge in [0.05, 0.1) is 16.9 Å². The van der Waals surface area contributed by atoms with Crippen LogP contribution in [0.1, 0.15) is 18.9 Å². The molecule has 0 fully saturated rings. The van der Waals surface area contributed by atoms with E-state index in [1.165, 1.54) is 41.1 Å². The average molecular weight is 339 g/mol. The number of rotatable bonds is 4. The van der Waals surface area contributed by atoms with Gasteiger partial charge in [-0.2, -0.15) is 13.2 Å². The first-order chi connectivity index (χ1) is 11.3. The van der Waals surface area contributed by atoms with E-state index >= 15 is 0 Å². The molecule has 8 heteroatoms. The molecule has 2 N–H and O–H groups in total.